The quantitative estimate of drug-likeness (QED) is 0.624. The van der Waals surface area contributed by atoms with Crippen molar-refractivity contribution in [3.8, 4) is 0 Å². The molecule has 20 heavy (non-hydrogen) atoms. The zero-order chi connectivity index (χ0) is 14.5. The largest absolute Gasteiger partial charge is 0.465 e. The average Bonchev–Trinajstić information content (AvgIpc) is 3.27. The first kappa shape index (κ1) is 15.8. The van der Waals surface area contributed by atoms with Crippen LogP contribution < -0.4 is 5.32 Å². The third kappa shape index (κ3) is 5.41. The van der Waals surface area contributed by atoms with E-state index in [2.05, 4.69) is 24.1 Å². The van der Waals surface area contributed by atoms with Gasteiger partial charge in [0.15, 0.2) is 0 Å². The van der Waals surface area contributed by atoms with Gasteiger partial charge in [-0.1, -0.05) is 0 Å². The Labute approximate surface area is 123 Å². The molecule has 0 aromatic carbocycles. The summed E-state index contributed by atoms with van der Waals surface area (Å²) in [7, 11) is 0. The monoisotopic (exact) mass is 282 g/mol. The van der Waals surface area contributed by atoms with E-state index in [9.17, 15) is 4.79 Å². The van der Waals surface area contributed by atoms with E-state index in [1.807, 2.05) is 6.92 Å². The van der Waals surface area contributed by atoms with Crippen molar-refractivity contribution in [3.63, 3.8) is 0 Å². The third-order valence-electron chi connectivity index (χ3n) is 4.21. The molecule has 0 aromatic rings. The molecular weight excluding hydrogens is 252 g/mol. The van der Waals surface area contributed by atoms with Crippen LogP contribution in [0.2, 0.25) is 0 Å². The van der Waals surface area contributed by atoms with Crippen molar-refractivity contribution >= 4 is 5.97 Å². The standard InChI is InChI=1S/C16H30N2O2/c1-4-20-16(19)15(17-14-7-8-14)9-10-18(12(2)3)11-13-5-6-13/h12-15,17H,4-11H2,1-3H3. The van der Waals surface area contributed by atoms with Gasteiger partial charge in [0.25, 0.3) is 0 Å². The highest BCUT2D eigenvalue weighted by Crippen LogP contribution is 2.30. The van der Waals surface area contributed by atoms with Crippen LogP contribution in [-0.4, -0.2) is 48.7 Å². The fourth-order valence-corrected chi connectivity index (χ4v) is 2.53. The third-order valence-corrected chi connectivity index (χ3v) is 4.21. The second-order valence-electron chi connectivity index (χ2n) is 6.57. The van der Waals surface area contributed by atoms with Crippen LogP contribution in [0.15, 0.2) is 0 Å². The van der Waals surface area contributed by atoms with Gasteiger partial charge in [0, 0.05) is 25.2 Å². The summed E-state index contributed by atoms with van der Waals surface area (Å²) in [6.07, 6.45) is 6.02. The highest BCUT2D eigenvalue weighted by molar-refractivity contribution is 5.75. The molecule has 1 unspecified atom stereocenters. The molecule has 1 atom stereocenters. The Hall–Kier alpha value is -0.610. The van der Waals surface area contributed by atoms with E-state index in [4.69, 9.17) is 4.74 Å². The molecular formula is C16H30N2O2. The van der Waals surface area contributed by atoms with Gasteiger partial charge in [0.2, 0.25) is 0 Å². The lowest BCUT2D eigenvalue weighted by Gasteiger charge is -2.28. The van der Waals surface area contributed by atoms with Crippen molar-refractivity contribution < 1.29 is 9.53 Å². The fraction of sp³-hybridized carbons (Fsp3) is 0.938. The van der Waals surface area contributed by atoms with E-state index in [1.54, 1.807) is 0 Å². The molecule has 2 aliphatic carbocycles. The number of hydrogen-bond donors (Lipinski definition) is 1. The summed E-state index contributed by atoms with van der Waals surface area (Å²) in [5.41, 5.74) is 0. The minimum atomic E-state index is -0.122. The molecule has 0 radical (unpaired) electrons. The van der Waals surface area contributed by atoms with E-state index >= 15 is 0 Å². The van der Waals surface area contributed by atoms with Crippen molar-refractivity contribution in [2.45, 2.75) is 71.0 Å². The molecule has 1 N–H and O–H groups in total. The van der Waals surface area contributed by atoms with Gasteiger partial charge in [0.1, 0.15) is 6.04 Å². The molecule has 0 heterocycles. The molecule has 2 fully saturated rings. The number of nitrogens with zero attached hydrogens (tertiary/aromatic N) is 1. The van der Waals surface area contributed by atoms with Gasteiger partial charge >= 0.3 is 5.97 Å². The smallest absolute Gasteiger partial charge is 0.323 e. The van der Waals surface area contributed by atoms with Crippen LogP contribution in [0.1, 0.15) is 52.9 Å². The lowest BCUT2D eigenvalue weighted by molar-refractivity contribution is -0.146. The highest BCUT2D eigenvalue weighted by Gasteiger charge is 2.30. The Morgan fingerprint density at radius 2 is 2.00 bits per heavy atom. The Morgan fingerprint density at radius 1 is 1.30 bits per heavy atom. The lowest BCUT2D eigenvalue weighted by Crippen LogP contribution is -2.43. The number of carbonyl (C=O) groups excluding carboxylic acids is 1. The first-order valence-electron chi connectivity index (χ1n) is 8.26. The predicted octanol–water partition coefficient (Wildman–Crippen LogP) is 2.18. The average molecular weight is 282 g/mol. The Kier molecular flexibility index (Phi) is 5.85. The fourth-order valence-electron chi connectivity index (χ4n) is 2.53. The van der Waals surface area contributed by atoms with Crippen molar-refractivity contribution in [1.82, 2.24) is 10.2 Å². The summed E-state index contributed by atoms with van der Waals surface area (Å²) >= 11 is 0. The van der Waals surface area contributed by atoms with Crippen LogP contribution in [0, 0.1) is 5.92 Å². The van der Waals surface area contributed by atoms with Gasteiger partial charge in [-0.2, -0.15) is 0 Å². The maximum absolute atomic E-state index is 12.0. The van der Waals surface area contributed by atoms with Gasteiger partial charge in [-0.15, -0.1) is 0 Å². The minimum absolute atomic E-state index is 0.0745. The molecule has 0 bridgehead atoms. The number of carbonyl (C=O) groups is 1. The highest BCUT2D eigenvalue weighted by atomic mass is 16.5. The van der Waals surface area contributed by atoms with Crippen molar-refractivity contribution in [3.05, 3.63) is 0 Å². The molecule has 0 amide bonds. The van der Waals surface area contributed by atoms with Gasteiger partial charge in [-0.25, -0.2) is 0 Å². The topological polar surface area (TPSA) is 41.6 Å². The van der Waals surface area contributed by atoms with Gasteiger partial charge in [-0.05, 0) is 58.8 Å². The number of ether oxygens (including phenoxy) is 1. The molecule has 2 rings (SSSR count). The summed E-state index contributed by atoms with van der Waals surface area (Å²) in [6.45, 7) is 9.01. The van der Waals surface area contributed by atoms with Crippen molar-refractivity contribution in [1.29, 1.82) is 0 Å². The van der Waals surface area contributed by atoms with E-state index in [-0.39, 0.29) is 12.0 Å². The number of nitrogens with one attached hydrogen (secondary N) is 1. The Balaban J connectivity index is 1.79. The van der Waals surface area contributed by atoms with Crippen LogP contribution in [-0.2, 0) is 9.53 Å². The molecule has 2 aliphatic rings. The summed E-state index contributed by atoms with van der Waals surface area (Å²) in [5, 5.41) is 3.44. The second kappa shape index (κ2) is 7.41. The Bertz CT molecular complexity index is 312. The second-order valence-corrected chi connectivity index (χ2v) is 6.57. The normalized spacial score (nSPS) is 20.4. The molecule has 4 heteroatoms. The number of rotatable bonds is 10. The summed E-state index contributed by atoms with van der Waals surface area (Å²) in [6, 6.07) is 0.975. The Morgan fingerprint density at radius 3 is 2.50 bits per heavy atom. The van der Waals surface area contributed by atoms with Crippen LogP contribution in [0.25, 0.3) is 0 Å². The van der Waals surface area contributed by atoms with E-state index in [0.29, 0.717) is 18.7 Å². The lowest BCUT2D eigenvalue weighted by atomic mass is 10.1. The van der Waals surface area contributed by atoms with E-state index in [0.717, 1.165) is 18.9 Å². The van der Waals surface area contributed by atoms with Gasteiger partial charge in [0.05, 0.1) is 6.61 Å². The van der Waals surface area contributed by atoms with Gasteiger partial charge in [-0.3, -0.25) is 4.79 Å². The van der Waals surface area contributed by atoms with Crippen LogP contribution >= 0.6 is 0 Å². The first-order chi connectivity index (χ1) is 9.60. The molecule has 0 spiro atoms. The minimum Gasteiger partial charge on any atom is -0.465 e. The predicted molar refractivity (Wildman–Crippen MR) is 80.6 cm³/mol. The molecule has 0 saturated heterocycles. The maximum Gasteiger partial charge on any atom is 0.323 e. The summed E-state index contributed by atoms with van der Waals surface area (Å²) in [5.74, 6) is 0.823. The SMILES string of the molecule is CCOC(=O)C(CCN(CC1CC1)C(C)C)NC1CC1. The molecule has 4 nitrogen and oxygen atoms in total. The number of hydrogen-bond acceptors (Lipinski definition) is 4. The zero-order valence-corrected chi connectivity index (χ0v) is 13.2. The summed E-state index contributed by atoms with van der Waals surface area (Å²) in [4.78, 5) is 14.5. The van der Waals surface area contributed by atoms with Crippen molar-refractivity contribution in [2.75, 3.05) is 19.7 Å². The zero-order valence-electron chi connectivity index (χ0n) is 13.2. The van der Waals surface area contributed by atoms with E-state index in [1.165, 1.54) is 32.2 Å². The van der Waals surface area contributed by atoms with Crippen LogP contribution in [0.3, 0.4) is 0 Å². The molecule has 116 valence electrons. The molecule has 0 aromatic heterocycles. The van der Waals surface area contributed by atoms with E-state index < -0.39 is 0 Å². The molecule has 2 saturated carbocycles. The van der Waals surface area contributed by atoms with Gasteiger partial charge < -0.3 is 15.0 Å². The summed E-state index contributed by atoms with van der Waals surface area (Å²) < 4.78 is 5.20. The van der Waals surface area contributed by atoms with Crippen molar-refractivity contribution in [2.24, 2.45) is 5.92 Å². The number of esters is 1. The van der Waals surface area contributed by atoms with Crippen LogP contribution in [0.4, 0.5) is 0 Å². The molecule has 0 aliphatic heterocycles. The van der Waals surface area contributed by atoms with Crippen LogP contribution in [0.5, 0.6) is 0 Å². The maximum atomic E-state index is 12.0. The first-order valence-corrected chi connectivity index (χ1v) is 8.26.